The smallest absolute Gasteiger partial charge is 0.182 e. The molecule has 1 aromatic rings. The Kier molecular flexibility index (Phi) is 3.72. The highest BCUT2D eigenvalue weighted by molar-refractivity contribution is 7.13. The van der Waals surface area contributed by atoms with E-state index in [2.05, 4.69) is 36.5 Å². The molecule has 2 nitrogen and oxygen atoms in total. The van der Waals surface area contributed by atoms with Gasteiger partial charge in [-0.25, -0.2) is 4.98 Å². The van der Waals surface area contributed by atoms with Crippen LogP contribution in [0, 0.1) is 18.8 Å². The van der Waals surface area contributed by atoms with Crippen LogP contribution in [0.5, 0.6) is 0 Å². The van der Waals surface area contributed by atoms with Crippen molar-refractivity contribution in [1.29, 1.82) is 0 Å². The minimum absolute atomic E-state index is 0.698. The number of anilines is 1. The molecule has 1 heterocycles. The predicted octanol–water partition coefficient (Wildman–Crippen LogP) is 3.16. The molecule has 0 radical (unpaired) electrons. The molecule has 0 saturated heterocycles. The first-order chi connectivity index (χ1) is 6.09. The van der Waals surface area contributed by atoms with Crippen molar-refractivity contribution < 1.29 is 0 Å². The topological polar surface area (TPSA) is 24.9 Å². The lowest BCUT2D eigenvalue weighted by atomic mass is 9.98. The van der Waals surface area contributed by atoms with Crippen molar-refractivity contribution in [3.8, 4) is 0 Å². The van der Waals surface area contributed by atoms with Crippen molar-refractivity contribution in [1.82, 2.24) is 4.98 Å². The second-order valence-electron chi connectivity index (χ2n) is 3.90. The average molecular weight is 198 g/mol. The maximum absolute atomic E-state index is 4.35. The third-order valence-electron chi connectivity index (χ3n) is 2.33. The summed E-state index contributed by atoms with van der Waals surface area (Å²) in [4.78, 5) is 4.35. The molecule has 74 valence electrons. The molecule has 0 bridgehead atoms. The molecule has 0 fully saturated rings. The van der Waals surface area contributed by atoms with Crippen LogP contribution < -0.4 is 5.32 Å². The van der Waals surface area contributed by atoms with Gasteiger partial charge in [-0.15, -0.1) is 11.3 Å². The van der Waals surface area contributed by atoms with Gasteiger partial charge < -0.3 is 5.32 Å². The second-order valence-corrected chi connectivity index (χ2v) is 4.75. The highest BCUT2D eigenvalue weighted by Crippen LogP contribution is 2.16. The van der Waals surface area contributed by atoms with E-state index in [1.807, 2.05) is 6.92 Å². The summed E-state index contributed by atoms with van der Waals surface area (Å²) in [5.41, 5.74) is 1.10. The van der Waals surface area contributed by atoms with E-state index in [4.69, 9.17) is 0 Å². The summed E-state index contributed by atoms with van der Waals surface area (Å²) in [7, 11) is 0. The molecule has 13 heavy (non-hydrogen) atoms. The van der Waals surface area contributed by atoms with Gasteiger partial charge in [0, 0.05) is 11.9 Å². The van der Waals surface area contributed by atoms with Crippen LogP contribution >= 0.6 is 11.3 Å². The Bertz CT molecular complexity index is 255. The molecule has 0 amide bonds. The van der Waals surface area contributed by atoms with Crippen molar-refractivity contribution in [2.24, 2.45) is 11.8 Å². The minimum atomic E-state index is 0.698. The fraction of sp³-hybridized carbons (Fsp3) is 0.700. The minimum Gasteiger partial charge on any atom is -0.361 e. The number of thiazole rings is 1. The number of rotatable bonds is 4. The van der Waals surface area contributed by atoms with Crippen LogP contribution in [0.2, 0.25) is 0 Å². The van der Waals surface area contributed by atoms with Crippen LogP contribution in [0.25, 0.3) is 0 Å². The maximum Gasteiger partial charge on any atom is 0.182 e. The van der Waals surface area contributed by atoms with Gasteiger partial charge in [0.1, 0.15) is 0 Å². The van der Waals surface area contributed by atoms with Crippen molar-refractivity contribution in [3.05, 3.63) is 11.1 Å². The van der Waals surface area contributed by atoms with Gasteiger partial charge >= 0.3 is 0 Å². The zero-order valence-electron chi connectivity index (χ0n) is 8.79. The van der Waals surface area contributed by atoms with Gasteiger partial charge in [0.05, 0.1) is 5.69 Å². The van der Waals surface area contributed by atoms with E-state index in [9.17, 15) is 0 Å². The monoisotopic (exact) mass is 198 g/mol. The number of hydrogen-bond donors (Lipinski definition) is 1. The largest absolute Gasteiger partial charge is 0.361 e. The van der Waals surface area contributed by atoms with E-state index >= 15 is 0 Å². The van der Waals surface area contributed by atoms with E-state index < -0.39 is 0 Å². The van der Waals surface area contributed by atoms with E-state index in [0.29, 0.717) is 5.92 Å². The third kappa shape index (κ3) is 3.35. The number of aromatic nitrogens is 1. The molecular formula is C10H18N2S. The molecule has 0 saturated carbocycles. The Morgan fingerprint density at radius 2 is 2.15 bits per heavy atom. The first kappa shape index (κ1) is 10.5. The Morgan fingerprint density at radius 1 is 1.46 bits per heavy atom. The van der Waals surface area contributed by atoms with E-state index in [0.717, 1.165) is 23.3 Å². The summed E-state index contributed by atoms with van der Waals surface area (Å²) >= 11 is 1.68. The number of nitrogens with one attached hydrogen (secondary N) is 1. The molecule has 1 atom stereocenters. The highest BCUT2D eigenvalue weighted by Gasteiger charge is 2.07. The van der Waals surface area contributed by atoms with Crippen LogP contribution in [0.4, 0.5) is 5.13 Å². The van der Waals surface area contributed by atoms with Crippen molar-refractivity contribution in [2.45, 2.75) is 27.7 Å². The lowest BCUT2D eigenvalue weighted by Crippen LogP contribution is -2.16. The first-order valence-corrected chi connectivity index (χ1v) is 5.63. The van der Waals surface area contributed by atoms with Gasteiger partial charge in [0.25, 0.3) is 0 Å². The summed E-state index contributed by atoms with van der Waals surface area (Å²) in [6.45, 7) is 9.80. The standard InChI is InChI=1S/C10H18N2S/c1-7(2)8(3)5-11-10-12-9(4)6-13-10/h6-8H,5H2,1-4H3,(H,11,12). The van der Waals surface area contributed by atoms with Crippen LogP contribution in [0.3, 0.4) is 0 Å². The molecule has 0 aliphatic rings. The Morgan fingerprint density at radius 3 is 2.62 bits per heavy atom. The number of nitrogens with zero attached hydrogens (tertiary/aromatic N) is 1. The van der Waals surface area contributed by atoms with Crippen LogP contribution in [-0.4, -0.2) is 11.5 Å². The fourth-order valence-corrected chi connectivity index (χ4v) is 1.62. The van der Waals surface area contributed by atoms with Crippen molar-refractivity contribution >= 4 is 16.5 Å². The lowest BCUT2D eigenvalue weighted by molar-refractivity contribution is 0.439. The lowest BCUT2D eigenvalue weighted by Gasteiger charge is -2.15. The van der Waals surface area contributed by atoms with Crippen LogP contribution in [0.15, 0.2) is 5.38 Å². The molecule has 0 aliphatic carbocycles. The maximum atomic E-state index is 4.35. The summed E-state index contributed by atoms with van der Waals surface area (Å²) in [6.07, 6.45) is 0. The molecule has 1 N–H and O–H groups in total. The van der Waals surface area contributed by atoms with E-state index in [-0.39, 0.29) is 0 Å². The fourth-order valence-electron chi connectivity index (χ4n) is 0.919. The number of hydrogen-bond acceptors (Lipinski definition) is 3. The molecule has 1 rings (SSSR count). The second kappa shape index (κ2) is 4.61. The van der Waals surface area contributed by atoms with Crippen molar-refractivity contribution in [2.75, 3.05) is 11.9 Å². The van der Waals surface area contributed by atoms with Gasteiger partial charge in [-0.05, 0) is 18.8 Å². The van der Waals surface area contributed by atoms with Gasteiger partial charge in [-0.2, -0.15) is 0 Å². The average Bonchev–Trinajstić information content (AvgIpc) is 2.47. The van der Waals surface area contributed by atoms with Gasteiger partial charge in [-0.3, -0.25) is 0 Å². The van der Waals surface area contributed by atoms with Crippen LogP contribution in [-0.2, 0) is 0 Å². The zero-order chi connectivity index (χ0) is 9.84. The van der Waals surface area contributed by atoms with Gasteiger partial charge in [0.2, 0.25) is 0 Å². The molecule has 0 spiro atoms. The van der Waals surface area contributed by atoms with E-state index in [1.165, 1.54) is 0 Å². The molecule has 0 aliphatic heterocycles. The SMILES string of the molecule is Cc1csc(NCC(C)C(C)C)n1. The normalized spacial score (nSPS) is 13.3. The van der Waals surface area contributed by atoms with Crippen molar-refractivity contribution in [3.63, 3.8) is 0 Å². The predicted molar refractivity (Wildman–Crippen MR) is 59.3 cm³/mol. The summed E-state index contributed by atoms with van der Waals surface area (Å²) in [5.74, 6) is 1.43. The zero-order valence-corrected chi connectivity index (χ0v) is 9.61. The highest BCUT2D eigenvalue weighted by atomic mass is 32.1. The summed E-state index contributed by atoms with van der Waals surface area (Å²) < 4.78 is 0. The Balaban J connectivity index is 2.35. The third-order valence-corrected chi connectivity index (χ3v) is 3.25. The summed E-state index contributed by atoms with van der Waals surface area (Å²) in [6, 6.07) is 0. The van der Waals surface area contributed by atoms with E-state index in [1.54, 1.807) is 11.3 Å². The molecule has 1 unspecified atom stereocenters. The molecule has 1 aromatic heterocycles. The molecule has 3 heteroatoms. The first-order valence-electron chi connectivity index (χ1n) is 4.75. The Labute approximate surface area is 84.4 Å². The number of aryl methyl sites for hydroxylation is 1. The quantitative estimate of drug-likeness (QED) is 0.804. The molecule has 0 aromatic carbocycles. The van der Waals surface area contributed by atoms with Gasteiger partial charge in [0.15, 0.2) is 5.13 Å². The van der Waals surface area contributed by atoms with Gasteiger partial charge in [-0.1, -0.05) is 20.8 Å². The van der Waals surface area contributed by atoms with Crippen LogP contribution in [0.1, 0.15) is 26.5 Å². The summed E-state index contributed by atoms with van der Waals surface area (Å²) in [5, 5.41) is 6.47. The molecular weight excluding hydrogens is 180 g/mol. The Hall–Kier alpha value is -0.570.